The van der Waals surface area contributed by atoms with Crippen molar-refractivity contribution in [1.29, 1.82) is 0 Å². The van der Waals surface area contributed by atoms with Crippen molar-refractivity contribution in [3.63, 3.8) is 0 Å². The molecular formula is C18H14Cl2N4O2. The van der Waals surface area contributed by atoms with Crippen molar-refractivity contribution < 1.29 is 9.53 Å². The smallest absolute Gasteiger partial charge is 0.290 e. The van der Waals surface area contributed by atoms with Gasteiger partial charge in [0.1, 0.15) is 6.33 Å². The fraction of sp³-hybridized carbons (Fsp3) is 0.0556. The summed E-state index contributed by atoms with van der Waals surface area (Å²) < 4.78 is 5.12. The molecule has 0 saturated carbocycles. The molecule has 8 heteroatoms. The van der Waals surface area contributed by atoms with Crippen molar-refractivity contribution >= 4 is 51.8 Å². The Morgan fingerprint density at radius 2 is 1.92 bits per heavy atom. The molecule has 6 nitrogen and oxygen atoms in total. The summed E-state index contributed by atoms with van der Waals surface area (Å²) in [5, 5.41) is 4.57. The molecule has 0 fully saturated rings. The first-order chi connectivity index (χ1) is 12.6. The van der Waals surface area contributed by atoms with Gasteiger partial charge in [0.2, 0.25) is 0 Å². The normalized spacial score (nSPS) is 11.9. The van der Waals surface area contributed by atoms with Gasteiger partial charge < -0.3 is 15.0 Å². The largest absolute Gasteiger partial charge is 0.491 e. The first-order valence-corrected chi connectivity index (χ1v) is 8.29. The number of hydrogen-bond acceptors (Lipinski definition) is 4. The number of rotatable bonds is 5. The molecule has 0 radical (unpaired) electrons. The molecule has 0 spiro atoms. The number of halogens is 2. The Labute approximate surface area is 159 Å². The molecule has 2 heterocycles. The third-order valence-corrected chi connectivity index (χ3v) is 4.19. The van der Waals surface area contributed by atoms with Crippen molar-refractivity contribution in [2.75, 3.05) is 12.4 Å². The van der Waals surface area contributed by atoms with Crippen LogP contribution in [0.5, 0.6) is 0 Å². The zero-order valence-electron chi connectivity index (χ0n) is 13.7. The summed E-state index contributed by atoms with van der Waals surface area (Å²) in [6, 6.07) is 5.48. The summed E-state index contributed by atoms with van der Waals surface area (Å²) in [6.45, 7) is 0. The zero-order valence-corrected chi connectivity index (χ0v) is 15.2. The number of hydrogen-bond donors (Lipinski definition) is 2. The average molecular weight is 389 g/mol. The molecule has 26 heavy (non-hydrogen) atoms. The quantitative estimate of drug-likeness (QED) is 0.384. The molecule has 0 unspecified atom stereocenters. The van der Waals surface area contributed by atoms with Crippen LogP contribution in [0.15, 0.2) is 54.8 Å². The van der Waals surface area contributed by atoms with Gasteiger partial charge in [0.25, 0.3) is 5.91 Å². The molecule has 2 aromatic heterocycles. The van der Waals surface area contributed by atoms with Gasteiger partial charge in [-0.3, -0.25) is 4.79 Å². The molecule has 0 aliphatic carbocycles. The maximum Gasteiger partial charge on any atom is 0.290 e. The van der Waals surface area contributed by atoms with E-state index in [1.54, 1.807) is 30.4 Å². The lowest BCUT2D eigenvalue weighted by Gasteiger charge is -2.06. The lowest BCUT2D eigenvalue weighted by atomic mass is 10.2. The van der Waals surface area contributed by atoms with E-state index in [0.29, 0.717) is 15.7 Å². The van der Waals surface area contributed by atoms with Crippen LogP contribution in [0.2, 0.25) is 10.0 Å². The van der Waals surface area contributed by atoms with Crippen LogP contribution in [-0.2, 0) is 9.53 Å². The molecular weight excluding hydrogens is 375 g/mol. The number of fused-ring (bicyclic) bond motifs is 1. The van der Waals surface area contributed by atoms with Gasteiger partial charge >= 0.3 is 0 Å². The summed E-state index contributed by atoms with van der Waals surface area (Å²) in [5.74, 6) is -0.255. The maximum atomic E-state index is 12.2. The molecule has 3 rings (SSSR count). The first-order valence-electron chi connectivity index (χ1n) is 7.53. The molecule has 0 bridgehead atoms. The standard InChI is InChI=1S/C18H14Cl2N4O2/c1-26-17(18(25)24-13-8-21-10-22-9-13)4-2-3-12-5-11-6-14(19)15(20)7-16(11)23-12/h2-10,23H,1H3,(H,24,25)/b3-2+,17-4-. The van der Waals surface area contributed by atoms with Crippen LogP contribution in [0.3, 0.4) is 0 Å². The number of nitrogens with one attached hydrogen (secondary N) is 2. The van der Waals surface area contributed by atoms with Gasteiger partial charge in [-0.05, 0) is 30.4 Å². The van der Waals surface area contributed by atoms with Crippen molar-refractivity contribution in [3.05, 3.63) is 70.6 Å². The average Bonchev–Trinajstić information content (AvgIpc) is 3.01. The third kappa shape index (κ3) is 4.22. The highest BCUT2D eigenvalue weighted by atomic mass is 35.5. The number of amides is 1. The summed E-state index contributed by atoms with van der Waals surface area (Å²) in [4.78, 5) is 23.0. The fourth-order valence-corrected chi connectivity index (χ4v) is 2.61. The predicted octanol–water partition coefficient (Wildman–Crippen LogP) is 4.45. The van der Waals surface area contributed by atoms with Crippen molar-refractivity contribution in [2.45, 2.75) is 0 Å². The van der Waals surface area contributed by atoms with E-state index in [1.165, 1.54) is 25.8 Å². The van der Waals surface area contributed by atoms with Gasteiger partial charge in [-0.25, -0.2) is 9.97 Å². The summed E-state index contributed by atoms with van der Waals surface area (Å²) >= 11 is 12.0. The van der Waals surface area contributed by atoms with Crippen molar-refractivity contribution in [2.24, 2.45) is 0 Å². The Morgan fingerprint density at radius 3 is 2.65 bits per heavy atom. The number of nitrogens with zero attached hydrogens (tertiary/aromatic N) is 2. The zero-order chi connectivity index (χ0) is 18.5. The third-order valence-electron chi connectivity index (χ3n) is 3.47. The Kier molecular flexibility index (Phi) is 5.55. The highest BCUT2D eigenvalue weighted by Gasteiger charge is 2.09. The number of methoxy groups -OCH3 is 1. The van der Waals surface area contributed by atoms with E-state index in [2.05, 4.69) is 20.3 Å². The van der Waals surface area contributed by atoms with Gasteiger partial charge in [0.05, 0.1) is 35.2 Å². The Hall–Kier alpha value is -2.83. The lowest BCUT2D eigenvalue weighted by Crippen LogP contribution is -2.15. The number of benzene rings is 1. The van der Waals surface area contributed by atoms with Crippen LogP contribution in [0.1, 0.15) is 5.69 Å². The lowest BCUT2D eigenvalue weighted by molar-refractivity contribution is -0.115. The van der Waals surface area contributed by atoms with Crippen LogP contribution < -0.4 is 5.32 Å². The Morgan fingerprint density at radius 1 is 1.19 bits per heavy atom. The van der Waals surface area contributed by atoms with Crippen molar-refractivity contribution in [3.8, 4) is 0 Å². The fourth-order valence-electron chi connectivity index (χ4n) is 2.27. The summed E-state index contributed by atoms with van der Waals surface area (Å²) in [7, 11) is 1.42. The number of aromatic nitrogens is 3. The van der Waals surface area contributed by atoms with E-state index in [9.17, 15) is 4.79 Å². The number of carbonyl (C=O) groups excluding carboxylic acids is 1. The van der Waals surface area contributed by atoms with Gasteiger partial charge in [-0.15, -0.1) is 0 Å². The highest BCUT2D eigenvalue weighted by molar-refractivity contribution is 6.42. The Balaban J connectivity index is 1.75. The summed E-state index contributed by atoms with van der Waals surface area (Å²) in [6.07, 6.45) is 9.44. The minimum atomic E-state index is -0.401. The van der Waals surface area contributed by atoms with E-state index >= 15 is 0 Å². The van der Waals surface area contributed by atoms with E-state index in [1.807, 2.05) is 6.07 Å². The number of anilines is 1. The topological polar surface area (TPSA) is 79.9 Å². The highest BCUT2D eigenvalue weighted by Crippen LogP contribution is 2.28. The van der Waals surface area contributed by atoms with Crippen LogP contribution in [0.25, 0.3) is 17.0 Å². The predicted molar refractivity (Wildman–Crippen MR) is 103 cm³/mol. The molecule has 0 aliphatic heterocycles. The Bertz CT molecular complexity index is 958. The molecule has 3 aromatic rings. The molecule has 0 atom stereocenters. The minimum Gasteiger partial charge on any atom is -0.491 e. The second-order valence-electron chi connectivity index (χ2n) is 5.25. The van der Waals surface area contributed by atoms with Crippen molar-refractivity contribution in [1.82, 2.24) is 15.0 Å². The van der Waals surface area contributed by atoms with Crippen LogP contribution in [-0.4, -0.2) is 28.0 Å². The van der Waals surface area contributed by atoms with Gasteiger partial charge in [-0.1, -0.05) is 29.3 Å². The molecule has 132 valence electrons. The van der Waals surface area contributed by atoms with Crippen LogP contribution >= 0.6 is 23.2 Å². The molecule has 0 saturated heterocycles. The van der Waals surface area contributed by atoms with Gasteiger partial charge in [-0.2, -0.15) is 0 Å². The number of ether oxygens (including phenoxy) is 1. The van der Waals surface area contributed by atoms with E-state index < -0.39 is 5.91 Å². The second-order valence-corrected chi connectivity index (χ2v) is 6.07. The van der Waals surface area contributed by atoms with Gasteiger partial charge in [0, 0.05) is 16.6 Å². The van der Waals surface area contributed by atoms with E-state index in [0.717, 1.165) is 16.6 Å². The monoisotopic (exact) mass is 388 g/mol. The number of carbonyl (C=O) groups is 1. The maximum absolute atomic E-state index is 12.2. The SMILES string of the molecule is CO/C(=C\C=C\c1cc2cc(Cl)c(Cl)cc2[nH]1)C(=O)Nc1cncnc1. The van der Waals surface area contributed by atoms with E-state index in [-0.39, 0.29) is 5.76 Å². The number of aromatic amines is 1. The molecule has 2 N–H and O–H groups in total. The number of allylic oxidation sites excluding steroid dienone is 2. The second kappa shape index (κ2) is 8.03. The van der Waals surface area contributed by atoms with Crippen LogP contribution in [0.4, 0.5) is 5.69 Å². The number of H-pyrrole nitrogens is 1. The minimum absolute atomic E-state index is 0.146. The summed E-state index contributed by atoms with van der Waals surface area (Å²) in [5.41, 5.74) is 2.19. The molecule has 1 aromatic carbocycles. The first kappa shape index (κ1) is 18.0. The molecule has 0 aliphatic rings. The van der Waals surface area contributed by atoms with Gasteiger partial charge in [0.15, 0.2) is 5.76 Å². The van der Waals surface area contributed by atoms with Crippen LogP contribution in [0, 0.1) is 0 Å². The molecule has 1 amide bonds. The van der Waals surface area contributed by atoms with E-state index in [4.69, 9.17) is 27.9 Å².